The van der Waals surface area contributed by atoms with Gasteiger partial charge in [0.05, 0.1) is 11.3 Å². The molecular formula is C21H18N2O2S. The lowest BCUT2D eigenvalue weighted by Gasteiger charge is -2.22. The molecule has 1 N–H and O–H groups in total. The van der Waals surface area contributed by atoms with E-state index in [1.807, 2.05) is 67.6 Å². The summed E-state index contributed by atoms with van der Waals surface area (Å²) in [5.74, 6) is 0.527. The molecule has 0 spiro atoms. The first kappa shape index (κ1) is 16.7. The maximum absolute atomic E-state index is 12.5. The summed E-state index contributed by atoms with van der Waals surface area (Å²) in [6, 6.07) is 17.4. The lowest BCUT2D eigenvalue weighted by Crippen LogP contribution is -2.31. The molecule has 2 aromatic carbocycles. The van der Waals surface area contributed by atoms with E-state index in [4.69, 9.17) is 0 Å². The standard InChI is InChI=1S/C21H18N2O2S/c1-14-11-19(24)22-18-12-16(8-9-17(14)18)23-20(25)13-26-21(23)10-7-15-5-3-2-4-6-15/h2-12,21H,13H2,1H3,(H,22,24)/b10-7+. The van der Waals surface area contributed by atoms with Gasteiger partial charge in [0.2, 0.25) is 11.5 Å². The van der Waals surface area contributed by atoms with E-state index in [1.165, 1.54) is 0 Å². The number of carbonyl (C=O) groups is 1. The number of pyridine rings is 1. The number of aromatic amines is 1. The molecule has 1 unspecified atom stereocenters. The van der Waals surface area contributed by atoms with E-state index in [-0.39, 0.29) is 16.8 Å². The van der Waals surface area contributed by atoms with Crippen molar-refractivity contribution >= 4 is 40.3 Å². The van der Waals surface area contributed by atoms with Crippen LogP contribution in [0.5, 0.6) is 0 Å². The summed E-state index contributed by atoms with van der Waals surface area (Å²) in [5, 5.41) is 0.931. The molecule has 1 fully saturated rings. The van der Waals surface area contributed by atoms with Crippen molar-refractivity contribution in [3.05, 3.63) is 82.2 Å². The van der Waals surface area contributed by atoms with Crippen LogP contribution in [0.4, 0.5) is 5.69 Å². The van der Waals surface area contributed by atoms with Gasteiger partial charge in [-0.15, -0.1) is 11.8 Å². The second kappa shape index (κ2) is 6.84. The highest BCUT2D eigenvalue weighted by molar-refractivity contribution is 8.01. The predicted molar refractivity (Wildman–Crippen MR) is 109 cm³/mol. The van der Waals surface area contributed by atoms with Crippen molar-refractivity contribution in [3.63, 3.8) is 0 Å². The van der Waals surface area contributed by atoms with Crippen molar-refractivity contribution < 1.29 is 4.79 Å². The SMILES string of the molecule is Cc1cc(=O)[nH]c2cc(N3C(=O)CSC3/C=C/c3ccccc3)ccc12. The molecule has 2 heterocycles. The van der Waals surface area contributed by atoms with Crippen LogP contribution in [0.1, 0.15) is 11.1 Å². The van der Waals surface area contributed by atoms with E-state index < -0.39 is 0 Å². The predicted octanol–water partition coefficient (Wildman–Crippen LogP) is 3.96. The topological polar surface area (TPSA) is 53.2 Å². The Hall–Kier alpha value is -2.79. The number of amides is 1. The molecular weight excluding hydrogens is 344 g/mol. The maximum Gasteiger partial charge on any atom is 0.248 e. The molecule has 130 valence electrons. The summed E-state index contributed by atoms with van der Waals surface area (Å²) >= 11 is 1.60. The number of hydrogen-bond acceptors (Lipinski definition) is 3. The fourth-order valence-electron chi connectivity index (χ4n) is 3.21. The number of aromatic nitrogens is 1. The summed E-state index contributed by atoms with van der Waals surface area (Å²) in [4.78, 5) is 28.9. The van der Waals surface area contributed by atoms with Crippen molar-refractivity contribution in [2.75, 3.05) is 10.7 Å². The maximum atomic E-state index is 12.5. The van der Waals surface area contributed by atoms with Crippen molar-refractivity contribution in [3.8, 4) is 0 Å². The van der Waals surface area contributed by atoms with Gasteiger partial charge in [-0.3, -0.25) is 14.5 Å². The third-order valence-corrected chi connectivity index (χ3v) is 5.59. The zero-order chi connectivity index (χ0) is 18.1. The van der Waals surface area contributed by atoms with E-state index in [9.17, 15) is 9.59 Å². The third-order valence-electron chi connectivity index (χ3n) is 4.47. The van der Waals surface area contributed by atoms with Crippen LogP contribution in [0.3, 0.4) is 0 Å². The number of nitrogens with one attached hydrogen (secondary N) is 1. The van der Waals surface area contributed by atoms with Gasteiger partial charge in [-0.2, -0.15) is 0 Å². The van der Waals surface area contributed by atoms with Crippen LogP contribution in [0.25, 0.3) is 17.0 Å². The lowest BCUT2D eigenvalue weighted by atomic mass is 10.1. The summed E-state index contributed by atoms with van der Waals surface area (Å²) in [6.07, 6.45) is 4.09. The highest BCUT2D eigenvalue weighted by atomic mass is 32.2. The zero-order valence-corrected chi connectivity index (χ0v) is 15.1. The van der Waals surface area contributed by atoms with Crippen molar-refractivity contribution in [1.82, 2.24) is 4.98 Å². The summed E-state index contributed by atoms with van der Waals surface area (Å²) < 4.78 is 0. The molecule has 3 aromatic rings. The minimum Gasteiger partial charge on any atom is -0.322 e. The molecule has 0 bridgehead atoms. The summed E-state index contributed by atoms with van der Waals surface area (Å²) in [7, 11) is 0. The molecule has 0 radical (unpaired) electrons. The normalized spacial score (nSPS) is 17.5. The number of rotatable bonds is 3. The van der Waals surface area contributed by atoms with Gasteiger partial charge in [0.15, 0.2) is 0 Å². The Labute approximate surface area is 155 Å². The fraction of sp³-hybridized carbons (Fsp3) is 0.143. The van der Waals surface area contributed by atoms with E-state index in [1.54, 1.807) is 22.7 Å². The molecule has 1 saturated heterocycles. The molecule has 1 atom stereocenters. The Bertz CT molecular complexity index is 1060. The van der Waals surface area contributed by atoms with Gasteiger partial charge in [0, 0.05) is 17.1 Å². The van der Waals surface area contributed by atoms with Crippen molar-refractivity contribution in [2.45, 2.75) is 12.3 Å². The number of nitrogens with zero attached hydrogens (tertiary/aromatic N) is 1. The average molecular weight is 362 g/mol. The number of aryl methyl sites for hydroxylation is 1. The van der Waals surface area contributed by atoms with E-state index in [2.05, 4.69) is 4.98 Å². The Kier molecular flexibility index (Phi) is 4.39. The van der Waals surface area contributed by atoms with Crippen LogP contribution in [0.15, 0.2) is 65.5 Å². The second-order valence-electron chi connectivity index (χ2n) is 6.28. The van der Waals surface area contributed by atoms with Gasteiger partial charge in [0.25, 0.3) is 0 Å². The Morgan fingerprint density at radius 2 is 1.92 bits per heavy atom. The van der Waals surface area contributed by atoms with Crippen LogP contribution in [0, 0.1) is 6.92 Å². The molecule has 0 saturated carbocycles. The Morgan fingerprint density at radius 3 is 2.73 bits per heavy atom. The quantitative estimate of drug-likeness (QED) is 0.767. The first-order valence-corrected chi connectivity index (χ1v) is 9.47. The van der Waals surface area contributed by atoms with Gasteiger partial charge in [0.1, 0.15) is 5.37 Å². The number of anilines is 1. The number of benzene rings is 2. The summed E-state index contributed by atoms with van der Waals surface area (Å²) in [5.41, 5.74) is 3.46. The third kappa shape index (κ3) is 3.18. The number of thioether (sulfide) groups is 1. The molecule has 1 aliphatic rings. The zero-order valence-electron chi connectivity index (χ0n) is 14.3. The first-order valence-electron chi connectivity index (χ1n) is 8.42. The molecule has 4 nitrogen and oxygen atoms in total. The number of hydrogen-bond donors (Lipinski definition) is 1. The Morgan fingerprint density at radius 1 is 1.12 bits per heavy atom. The fourth-order valence-corrected chi connectivity index (χ4v) is 4.24. The van der Waals surface area contributed by atoms with Gasteiger partial charge < -0.3 is 4.98 Å². The van der Waals surface area contributed by atoms with Crippen LogP contribution in [-0.4, -0.2) is 22.0 Å². The molecule has 1 amide bonds. The molecule has 1 aromatic heterocycles. The van der Waals surface area contributed by atoms with E-state index in [0.717, 1.165) is 27.7 Å². The number of H-pyrrole nitrogens is 1. The van der Waals surface area contributed by atoms with E-state index in [0.29, 0.717) is 5.75 Å². The molecule has 0 aliphatic carbocycles. The minimum atomic E-state index is -0.130. The first-order chi connectivity index (χ1) is 12.6. The number of fused-ring (bicyclic) bond motifs is 1. The molecule has 4 rings (SSSR count). The molecule has 5 heteroatoms. The van der Waals surface area contributed by atoms with Crippen LogP contribution >= 0.6 is 11.8 Å². The van der Waals surface area contributed by atoms with Crippen molar-refractivity contribution in [1.29, 1.82) is 0 Å². The lowest BCUT2D eigenvalue weighted by molar-refractivity contribution is -0.115. The van der Waals surface area contributed by atoms with Gasteiger partial charge in [-0.05, 0) is 30.2 Å². The highest BCUT2D eigenvalue weighted by Gasteiger charge is 2.31. The van der Waals surface area contributed by atoms with Crippen LogP contribution < -0.4 is 10.5 Å². The average Bonchev–Trinajstić information content (AvgIpc) is 3.00. The van der Waals surface area contributed by atoms with Crippen LogP contribution in [-0.2, 0) is 4.79 Å². The second-order valence-corrected chi connectivity index (χ2v) is 7.39. The van der Waals surface area contributed by atoms with Gasteiger partial charge in [-0.25, -0.2) is 0 Å². The minimum absolute atomic E-state index is 0.0586. The van der Waals surface area contributed by atoms with Crippen LogP contribution in [0.2, 0.25) is 0 Å². The van der Waals surface area contributed by atoms with Gasteiger partial charge in [-0.1, -0.05) is 48.6 Å². The largest absolute Gasteiger partial charge is 0.322 e. The number of carbonyl (C=O) groups excluding carboxylic acids is 1. The Balaban J connectivity index is 1.70. The smallest absolute Gasteiger partial charge is 0.248 e. The molecule has 1 aliphatic heterocycles. The van der Waals surface area contributed by atoms with Crippen molar-refractivity contribution in [2.24, 2.45) is 0 Å². The monoisotopic (exact) mass is 362 g/mol. The summed E-state index contributed by atoms with van der Waals surface area (Å²) in [6.45, 7) is 1.92. The van der Waals surface area contributed by atoms with E-state index >= 15 is 0 Å². The van der Waals surface area contributed by atoms with Gasteiger partial charge >= 0.3 is 0 Å². The highest BCUT2D eigenvalue weighted by Crippen LogP contribution is 2.33. The molecule has 26 heavy (non-hydrogen) atoms.